The molecule has 0 spiro atoms. The molecule has 0 fully saturated rings. The second kappa shape index (κ2) is 7.54. The number of benzene rings is 1. The maximum Gasteiger partial charge on any atom is 0.405 e. The Morgan fingerprint density at radius 1 is 1.20 bits per heavy atom. The number of rotatable bonds is 6. The first-order valence-corrected chi connectivity index (χ1v) is 9.45. The van der Waals surface area contributed by atoms with Crippen LogP contribution in [0.4, 0.5) is 13.2 Å². The number of hydrogen-bond donors (Lipinski definition) is 2. The molecule has 5 nitrogen and oxygen atoms in total. The van der Waals surface area contributed by atoms with Gasteiger partial charge in [0, 0.05) is 10.4 Å². The summed E-state index contributed by atoms with van der Waals surface area (Å²) >= 11 is 1.41. The van der Waals surface area contributed by atoms with Crippen molar-refractivity contribution in [3.05, 3.63) is 52.2 Å². The van der Waals surface area contributed by atoms with Gasteiger partial charge in [-0.1, -0.05) is 6.07 Å². The molecule has 0 aliphatic carbocycles. The number of halogens is 3. The van der Waals surface area contributed by atoms with Gasteiger partial charge < -0.3 is 5.32 Å². The number of thiophene rings is 1. The van der Waals surface area contributed by atoms with Crippen molar-refractivity contribution in [2.75, 3.05) is 6.54 Å². The fourth-order valence-corrected chi connectivity index (χ4v) is 4.00. The van der Waals surface area contributed by atoms with Crippen molar-refractivity contribution in [2.24, 2.45) is 0 Å². The van der Waals surface area contributed by atoms with Gasteiger partial charge in [0.05, 0.1) is 10.9 Å². The number of amides is 1. The van der Waals surface area contributed by atoms with E-state index in [2.05, 4.69) is 4.72 Å². The minimum atomic E-state index is -4.51. The third-order valence-electron chi connectivity index (χ3n) is 3.18. The quantitative estimate of drug-likeness (QED) is 0.793. The largest absolute Gasteiger partial charge is 0.405 e. The zero-order valence-corrected chi connectivity index (χ0v) is 14.6. The predicted octanol–water partition coefficient (Wildman–Crippen LogP) is 3.08. The van der Waals surface area contributed by atoms with Gasteiger partial charge in [-0.15, -0.1) is 11.3 Å². The summed E-state index contributed by atoms with van der Waals surface area (Å²) in [5, 5.41) is 3.55. The molecule has 0 saturated heterocycles. The molecular weight excluding hydrogens is 377 g/mol. The molecule has 2 aromatic rings. The van der Waals surface area contributed by atoms with Crippen molar-refractivity contribution in [2.45, 2.75) is 24.0 Å². The highest BCUT2D eigenvalue weighted by Gasteiger charge is 2.28. The lowest BCUT2D eigenvalue weighted by molar-refractivity contribution is -0.123. The molecule has 1 aromatic heterocycles. The van der Waals surface area contributed by atoms with Crippen LogP contribution in [0.5, 0.6) is 0 Å². The Labute approximate surface area is 146 Å². The summed E-state index contributed by atoms with van der Waals surface area (Å²) < 4.78 is 63.4. The fraction of sp³-hybridized carbons (Fsp3) is 0.267. The molecule has 1 heterocycles. The van der Waals surface area contributed by atoms with E-state index in [1.807, 2.05) is 5.38 Å². The van der Waals surface area contributed by atoms with E-state index in [0.717, 1.165) is 17.0 Å². The Kier molecular flexibility index (Phi) is 5.86. The van der Waals surface area contributed by atoms with E-state index < -0.39 is 34.7 Å². The molecule has 0 unspecified atom stereocenters. The van der Waals surface area contributed by atoms with E-state index in [1.165, 1.54) is 23.5 Å². The smallest absolute Gasteiger partial charge is 0.343 e. The Bertz CT molecular complexity index is 817. The number of nitrogens with one attached hydrogen (secondary N) is 2. The van der Waals surface area contributed by atoms with Crippen LogP contribution in [0, 0.1) is 0 Å². The summed E-state index contributed by atoms with van der Waals surface area (Å²) in [5.74, 6) is -0.929. The molecule has 2 N–H and O–H groups in total. The number of carbonyl (C=O) groups is 1. The molecule has 25 heavy (non-hydrogen) atoms. The lowest BCUT2D eigenvalue weighted by Gasteiger charge is -2.13. The highest BCUT2D eigenvalue weighted by molar-refractivity contribution is 7.89. The second-order valence-corrected chi connectivity index (χ2v) is 7.87. The number of sulfonamides is 1. The van der Waals surface area contributed by atoms with Gasteiger partial charge in [-0.2, -0.15) is 13.2 Å². The normalized spacial score (nSPS) is 13.4. The van der Waals surface area contributed by atoms with E-state index in [4.69, 9.17) is 0 Å². The van der Waals surface area contributed by atoms with Crippen molar-refractivity contribution in [3.8, 4) is 0 Å². The summed E-state index contributed by atoms with van der Waals surface area (Å²) in [7, 11) is -3.82. The molecule has 1 aromatic carbocycles. The van der Waals surface area contributed by atoms with Gasteiger partial charge in [-0.25, -0.2) is 13.1 Å². The van der Waals surface area contributed by atoms with Crippen molar-refractivity contribution >= 4 is 27.3 Å². The SMILES string of the molecule is C[C@H](NS(=O)(=O)c1ccc(C(=O)NCC(F)(F)F)cc1)c1cccs1. The van der Waals surface area contributed by atoms with Gasteiger partial charge >= 0.3 is 6.18 Å². The van der Waals surface area contributed by atoms with E-state index in [9.17, 15) is 26.4 Å². The van der Waals surface area contributed by atoms with Gasteiger partial charge in [0.25, 0.3) is 5.91 Å². The van der Waals surface area contributed by atoms with E-state index in [0.29, 0.717) is 0 Å². The lowest BCUT2D eigenvalue weighted by Crippen LogP contribution is -2.33. The van der Waals surface area contributed by atoms with Gasteiger partial charge in [0.1, 0.15) is 6.54 Å². The Morgan fingerprint density at radius 3 is 2.36 bits per heavy atom. The Hall–Kier alpha value is -1.91. The maximum absolute atomic E-state index is 12.3. The first-order valence-electron chi connectivity index (χ1n) is 7.09. The van der Waals surface area contributed by atoms with Crippen LogP contribution in [-0.2, 0) is 10.0 Å². The molecule has 0 aliphatic rings. The van der Waals surface area contributed by atoms with Gasteiger partial charge in [0.2, 0.25) is 10.0 Å². The number of hydrogen-bond acceptors (Lipinski definition) is 4. The summed E-state index contributed by atoms with van der Waals surface area (Å²) in [6.07, 6.45) is -4.51. The standard InChI is InChI=1S/C15H15F3N2O3S2/c1-10(13-3-2-8-24-13)20-25(22,23)12-6-4-11(5-7-12)14(21)19-9-15(16,17)18/h2-8,10,20H,9H2,1H3,(H,19,21)/t10-/m0/s1. The lowest BCUT2D eigenvalue weighted by atomic mass is 10.2. The van der Waals surface area contributed by atoms with Crippen molar-refractivity contribution < 1.29 is 26.4 Å². The zero-order chi connectivity index (χ0) is 18.7. The molecule has 1 amide bonds. The Balaban J connectivity index is 2.06. The third kappa shape index (κ3) is 5.55. The number of alkyl halides is 3. The molecule has 0 saturated carbocycles. The monoisotopic (exact) mass is 392 g/mol. The molecule has 0 radical (unpaired) electrons. The van der Waals surface area contributed by atoms with Crippen LogP contribution >= 0.6 is 11.3 Å². The van der Waals surface area contributed by atoms with Gasteiger partial charge in [-0.05, 0) is 42.6 Å². The summed E-state index contributed by atoms with van der Waals surface area (Å²) in [4.78, 5) is 12.4. The average Bonchev–Trinajstić information content (AvgIpc) is 3.06. The summed E-state index contributed by atoms with van der Waals surface area (Å²) in [6, 6.07) is 7.84. The molecular formula is C15H15F3N2O3S2. The molecule has 0 bridgehead atoms. The van der Waals surface area contributed by atoms with Crippen LogP contribution in [0.3, 0.4) is 0 Å². The van der Waals surface area contributed by atoms with Crippen LogP contribution in [0.1, 0.15) is 28.2 Å². The van der Waals surface area contributed by atoms with Crippen LogP contribution in [0.25, 0.3) is 0 Å². The zero-order valence-electron chi connectivity index (χ0n) is 13.0. The molecule has 136 valence electrons. The number of carbonyl (C=O) groups excluding carboxylic acids is 1. The van der Waals surface area contributed by atoms with E-state index >= 15 is 0 Å². The van der Waals surface area contributed by atoms with Crippen LogP contribution < -0.4 is 10.0 Å². The first kappa shape index (κ1) is 19.4. The predicted molar refractivity (Wildman–Crippen MR) is 87.9 cm³/mol. The highest BCUT2D eigenvalue weighted by atomic mass is 32.2. The van der Waals surface area contributed by atoms with Gasteiger partial charge in [-0.3, -0.25) is 4.79 Å². The second-order valence-electron chi connectivity index (χ2n) is 5.18. The van der Waals surface area contributed by atoms with Crippen LogP contribution in [0.2, 0.25) is 0 Å². The highest BCUT2D eigenvalue weighted by Crippen LogP contribution is 2.21. The maximum atomic E-state index is 12.3. The summed E-state index contributed by atoms with van der Waals surface area (Å²) in [6.45, 7) is 0.244. The van der Waals surface area contributed by atoms with Crippen molar-refractivity contribution in [1.29, 1.82) is 0 Å². The van der Waals surface area contributed by atoms with E-state index in [1.54, 1.807) is 24.4 Å². The third-order valence-corrected chi connectivity index (χ3v) is 5.79. The average molecular weight is 392 g/mol. The van der Waals surface area contributed by atoms with Crippen LogP contribution in [0.15, 0.2) is 46.7 Å². The Morgan fingerprint density at radius 2 is 1.84 bits per heavy atom. The topological polar surface area (TPSA) is 75.3 Å². The summed E-state index contributed by atoms with van der Waals surface area (Å²) in [5.41, 5.74) is -0.0606. The van der Waals surface area contributed by atoms with E-state index in [-0.39, 0.29) is 10.5 Å². The molecule has 0 aliphatic heterocycles. The van der Waals surface area contributed by atoms with Crippen molar-refractivity contribution in [1.82, 2.24) is 10.0 Å². The van der Waals surface area contributed by atoms with Crippen molar-refractivity contribution in [3.63, 3.8) is 0 Å². The minimum Gasteiger partial charge on any atom is -0.343 e. The first-order chi connectivity index (χ1) is 11.6. The molecule has 10 heteroatoms. The minimum absolute atomic E-state index is 0.0606. The fourth-order valence-electron chi connectivity index (χ4n) is 1.96. The van der Waals surface area contributed by atoms with Crippen LogP contribution in [-0.4, -0.2) is 27.0 Å². The van der Waals surface area contributed by atoms with Gasteiger partial charge in [0.15, 0.2) is 0 Å². The molecule has 1 atom stereocenters. The molecule has 2 rings (SSSR count).